The molecule has 1 aliphatic carbocycles. The zero-order valence-electron chi connectivity index (χ0n) is 11.8. The summed E-state index contributed by atoms with van der Waals surface area (Å²) in [7, 11) is 1.60. The van der Waals surface area contributed by atoms with Gasteiger partial charge in [0, 0.05) is 24.6 Å². The van der Waals surface area contributed by atoms with E-state index in [1.54, 1.807) is 7.11 Å². The van der Waals surface area contributed by atoms with Gasteiger partial charge in [-0.3, -0.25) is 4.79 Å². The van der Waals surface area contributed by atoms with Crippen molar-refractivity contribution >= 4 is 5.91 Å². The molecule has 20 heavy (non-hydrogen) atoms. The van der Waals surface area contributed by atoms with Crippen LogP contribution in [0.2, 0.25) is 0 Å². The molecule has 5 heteroatoms. The molecule has 2 aliphatic rings. The van der Waals surface area contributed by atoms with Gasteiger partial charge in [-0.2, -0.15) is 0 Å². The minimum atomic E-state index is -0.118. The number of carbonyl (C=O) groups is 1. The van der Waals surface area contributed by atoms with Crippen molar-refractivity contribution in [2.45, 2.75) is 50.2 Å². The highest BCUT2D eigenvalue weighted by Gasteiger charge is 2.42. The highest BCUT2D eigenvalue weighted by molar-refractivity contribution is 5.77. The minimum absolute atomic E-state index is 0.0540. The summed E-state index contributed by atoms with van der Waals surface area (Å²) in [5, 5.41) is 0. The third-order valence-corrected chi connectivity index (χ3v) is 4.12. The zero-order valence-corrected chi connectivity index (χ0v) is 11.8. The maximum atomic E-state index is 12.4. The van der Waals surface area contributed by atoms with E-state index >= 15 is 0 Å². The number of rotatable bonds is 3. The lowest BCUT2D eigenvalue weighted by Crippen LogP contribution is -2.43. The molecule has 1 aromatic rings. The Balaban J connectivity index is 1.97. The van der Waals surface area contributed by atoms with E-state index < -0.39 is 0 Å². The molecule has 0 spiro atoms. The quantitative estimate of drug-likeness (QED) is 0.910. The van der Waals surface area contributed by atoms with Gasteiger partial charge in [0.15, 0.2) is 0 Å². The Labute approximate surface area is 119 Å². The Morgan fingerprint density at radius 2 is 2.15 bits per heavy atom. The first-order valence-electron chi connectivity index (χ1n) is 7.28. The molecular formula is C15H21N3O2. The third-order valence-electron chi connectivity index (χ3n) is 4.12. The van der Waals surface area contributed by atoms with Crippen molar-refractivity contribution in [2.75, 3.05) is 7.11 Å². The first-order chi connectivity index (χ1) is 9.70. The summed E-state index contributed by atoms with van der Waals surface area (Å²) in [6, 6.07) is 5.85. The zero-order chi connectivity index (χ0) is 14.1. The van der Waals surface area contributed by atoms with Crippen molar-refractivity contribution in [2.24, 2.45) is 5.73 Å². The molecule has 2 heterocycles. The molecule has 0 radical (unpaired) electrons. The molecule has 1 amide bonds. The normalized spacial score (nSPS) is 27.3. The van der Waals surface area contributed by atoms with Gasteiger partial charge in [-0.25, -0.2) is 4.98 Å². The van der Waals surface area contributed by atoms with E-state index in [2.05, 4.69) is 4.98 Å². The standard InChI is InChI=1S/C15H21N3O2/c1-20-13-6-3-5-12(17-13)15-11(16)4-2-7-14(19)18(15)10-8-9-10/h3,5-6,10-11,15H,2,4,7-9,16H2,1H3. The average molecular weight is 275 g/mol. The molecule has 2 atom stereocenters. The van der Waals surface area contributed by atoms with Gasteiger partial charge in [0.1, 0.15) is 0 Å². The van der Waals surface area contributed by atoms with Crippen LogP contribution in [-0.4, -0.2) is 35.0 Å². The molecular weight excluding hydrogens is 254 g/mol. The molecule has 2 N–H and O–H groups in total. The molecule has 1 aliphatic heterocycles. The van der Waals surface area contributed by atoms with Gasteiger partial charge < -0.3 is 15.4 Å². The van der Waals surface area contributed by atoms with E-state index in [1.807, 2.05) is 23.1 Å². The van der Waals surface area contributed by atoms with Gasteiger partial charge in [-0.05, 0) is 31.7 Å². The fourth-order valence-corrected chi connectivity index (χ4v) is 2.99. The Bertz CT molecular complexity index is 502. The highest BCUT2D eigenvalue weighted by Crippen LogP contribution is 2.38. The van der Waals surface area contributed by atoms with Gasteiger partial charge in [0.05, 0.1) is 18.8 Å². The van der Waals surface area contributed by atoms with Crippen LogP contribution in [0.3, 0.4) is 0 Å². The number of carbonyl (C=O) groups excluding carboxylic acids is 1. The summed E-state index contributed by atoms with van der Waals surface area (Å²) < 4.78 is 5.19. The van der Waals surface area contributed by atoms with Crippen molar-refractivity contribution in [1.82, 2.24) is 9.88 Å². The van der Waals surface area contributed by atoms with Gasteiger partial charge in [0.2, 0.25) is 11.8 Å². The molecule has 1 aromatic heterocycles. The van der Waals surface area contributed by atoms with Crippen LogP contribution in [0, 0.1) is 0 Å². The van der Waals surface area contributed by atoms with Crippen LogP contribution in [0.25, 0.3) is 0 Å². The lowest BCUT2D eigenvalue weighted by molar-refractivity contribution is -0.134. The first-order valence-corrected chi connectivity index (χ1v) is 7.28. The fraction of sp³-hybridized carbons (Fsp3) is 0.600. The van der Waals surface area contributed by atoms with Crippen LogP contribution in [0.1, 0.15) is 43.8 Å². The monoisotopic (exact) mass is 275 g/mol. The van der Waals surface area contributed by atoms with Crippen LogP contribution in [0.5, 0.6) is 5.88 Å². The fourth-order valence-electron chi connectivity index (χ4n) is 2.99. The number of aromatic nitrogens is 1. The molecule has 2 fully saturated rings. The van der Waals surface area contributed by atoms with E-state index in [9.17, 15) is 4.79 Å². The number of ether oxygens (including phenoxy) is 1. The number of hydrogen-bond donors (Lipinski definition) is 1. The SMILES string of the molecule is COc1cccc(C2C(N)CCCC(=O)N2C2CC2)n1. The third kappa shape index (κ3) is 2.50. The van der Waals surface area contributed by atoms with Gasteiger partial charge in [0.25, 0.3) is 0 Å². The number of amides is 1. The van der Waals surface area contributed by atoms with E-state index in [0.29, 0.717) is 18.3 Å². The van der Waals surface area contributed by atoms with E-state index in [-0.39, 0.29) is 18.0 Å². The lowest BCUT2D eigenvalue weighted by atomic mass is 10.0. The molecule has 5 nitrogen and oxygen atoms in total. The Kier molecular flexibility index (Phi) is 3.61. The lowest BCUT2D eigenvalue weighted by Gasteiger charge is -2.33. The Hall–Kier alpha value is -1.62. The smallest absolute Gasteiger partial charge is 0.223 e. The maximum absolute atomic E-state index is 12.4. The number of hydrogen-bond acceptors (Lipinski definition) is 4. The van der Waals surface area contributed by atoms with Gasteiger partial charge >= 0.3 is 0 Å². The van der Waals surface area contributed by atoms with E-state index in [1.165, 1.54) is 0 Å². The van der Waals surface area contributed by atoms with Gasteiger partial charge in [-0.1, -0.05) is 6.07 Å². The number of nitrogens with two attached hydrogens (primary N) is 1. The van der Waals surface area contributed by atoms with E-state index in [0.717, 1.165) is 31.4 Å². The highest BCUT2D eigenvalue weighted by atomic mass is 16.5. The summed E-state index contributed by atoms with van der Waals surface area (Å²) >= 11 is 0. The van der Waals surface area contributed by atoms with Crippen LogP contribution in [0.4, 0.5) is 0 Å². The molecule has 1 saturated heterocycles. The molecule has 2 unspecified atom stereocenters. The second-order valence-corrected chi connectivity index (χ2v) is 5.64. The number of methoxy groups -OCH3 is 1. The van der Waals surface area contributed by atoms with Crippen molar-refractivity contribution < 1.29 is 9.53 Å². The van der Waals surface area contributed by atoms with Crippen molar-refractivity contribution in [3.63, 3.8) is 0 Å². The topological polar surface area (TPSA) is 68.5 Å². The largest absolute Gasteiger partial charge is 0.481 e. The van der Waals surface area contributed by atoms with Crippen LogP contribution in [-0.2, 0) is 4.79 Å². The Morgan fingerprint density at radius 3 is 2.85 bits per heavy atom. The number of nitrogens with zero attached hydrogens (tertiary/aromatic N) is 2. The molecule has 1 saturated carbocycles. The summed E-state index contributed by atoms with van der Waals surface area (Å²) in [4.78, 5) is 18.9. The average Bonchev–Trinajstić information content (AvgIpc) is 3.28. The molecule has 3 rings (SSSR count). The molecule has 108 valence electrons. The number of likely N-dealkylation sites (tertiary alicyclic amines) is 1. The summed E-state index contributed by atoms with van der Waals surface area (Å²) in [6.07, 6.45) is 4.49. The molecule has 0 bridgehead atoms. The summed E-state index contributed by atoms with van der Waals surface area (Å²) in [6.45, 7) is 0. The first kappa shape index (κ1) is 13.4. The predicted molar refractivity (Wildman–Crippen MR) is 75.2 cm³/mol. The summed E-state index contributed by atoms with van der Waals surface area (Å²) in [5.41, 5.74) is 7.19. The second kappa shape index (κ2) is 5.40. The van der Waals surface area contributed by atoms with Gasteiger partial charge in [-0.15, -0.1) is 0 Å². The Morgan fingerprint density at radius 1 is 1.35 bits per heavy atom. The minimum Gasteiger partial charge on any atom is -0.481 e. The van der Waals surface area contributed by atoms with Crippen LogP contribution >= 0.6 is 0 Å². The second-order valence-electron chi connectivity index (χ2n) is 5.64. The van der Waals surface area contributed by atoms with Crippen molar-refractivity contribution in [3.05, 3.63) is 23.9 Å². The summed E-state index contributed by atoms with van der Waals surface area (Å²) in [5.74, 6) is 0.789. The van der Waals surface area contributed by atoms with E-state index in [4.69, 9.17) is 10.5 Å². The van der Waals surface area contributed by atoms with Crippen molar-refractivity contribution in [3.8, 4) is 5.88 Å². The maximum Gasteiger partial charge on any atom is 0.223 e. The van der Waals surface area contributed by atoms with Crippen LogP contribution < -0.4 is 10.5 Å². The number of pyridine rings is 1. The van der Waals surface area contributed by atoms with Crippen LogP contribution in [0.15, 0.2) is 18.2 Å². The van der Waals surface area contributed by atoms with Crippen molar-refractivity contribution in [1.29, 1.82) is 0 Å². The predicted octanol–water partition coefficient (Wildman–Crippen LogP) is 1.63. The molecule has 0 aromatic carbocycles.